The van der Waals surface area contributed by atoms with Gasteiger partial charge in [0.05, 0.1) is 31.0 Å². The molecule has 7 heteroatoms. The number of fused-ring (bicyclic) bond motifs is 1. The van der Waals surface area contributed by atoms with Gasteiger partial charge >= 0.3 is 0 Å². The largest absolute Gasteiger partial charge is 0.493 e. The number of hydrogen-bond donors (Lipinski definition) is 0. The van der Waals surface area contributed by atoms with Gasteiger partial charge in [0.2, 0.25) is 5.91 Å². The summed E-state index contributed by atoms with van der Waals surface area (Å²) in [5.74, 6) is 1.22. The zero-order chi connectivity index (χ0) is 22.0. The maximum Gasteiger partial charge on any atom is 0.254 e. The Morgan fingerprint density at radius 1 is 0.871 bits per heavy atom. The molecule has 2 amide bonds. The zero-order valence-corrected chi connectivity index (χ0v) is 17.9. The van der Waals surface area contributed by atoms with Crippen LogP contribution in [0.25, 0.3) is 22.2 Å². The first-order valence-electron chi connectivity index (χ1n) is 10.2. The van der Waals surface area contributed by atoms with Gasteiger partial charge in [-0.3, -0.25) is 9.59 Å². The van der Waals surface area contributed by atoms with Crippen molar-refractivity contribution in [2.75, 3.05) is 40.4 Å². The van der Waals surface area contributed by atoms with E-state index >= 15 is 0 Å². The molecule has 0 unspecified atom stereocenters. The lowest BCUT2D eigenvalue weighted by atomic mass is 10.0. The second kappa shape index (κ2) is 8.63. The summed E-state index contributed by atoms with van der Waals surface area (Å²) in [6.45, 7) is 3.68. The lowest BCUT2D eigenvalue weighted by Crippen LogP contribution is -2.50. The summed E-state index contributed by atoms with van der Waals surface area (Å²) in [5, 5.41) is 0.811. The van der Waals surface area contributed by atoms with E-state index in [1.165, 1.54) is 0 Å². The van der Waals surface area contributed by atoms with Gasteiger partial charge in [-0.15, -0.1) is 0 Å². The molecule has 0 radical (unpaired) electrons. The van der Waals surface area contributed by atoms with Crippen molar-refractivity contribution in [3.8, 4) is 22.8 Å². The third-order valence-electron chi connectivity index (χ3n) is 5.64. The Hall–Kier alpha value is -3.61. The number of methoxy groups -OCH3 is 2. The number of hydrogen-bond acceptors (Lipinski definition) is 5. The van der Waals surface area contributed by atoms with E-state index in [0.717, 1.165) is 16.5 Å². The Morgan fingerprint density at radius 2 is 1.55 bits per heavy atom. The molecule has 0 saturated carbocycles. The predicted molar refractivity (Wildman–Crippen MR) is 118 cm³/mol. The van der Waals surface area contributed by atoms with Crippen LogP contribution >= 0.6 is 0 Å². The van der Waals surface area contributed by atoms with E-state index in [1.807, 2.05) is 48.5 Å². The highest BCUT2D eigenvalue weighted by Gasteiger charge is 2.25. The quantitative estimate of drug-likeness (QED) is 0.649. The van der Waals surface area contributed by atoms with Gasteiger partial charge < -0.3 is 19.3 Å². The molecule has 1 saturated heterocycles. The van der Waals surface area contributed by atoms with Gasteiger partial charge in [-0.1, -0.05) is 18.2 Å². The third kappa shape index (κ3) is 4.03. The first-order chi connectivity index (χ1) is 15.0. The number of amides is 2. The van der Waals surface area contributed by atoms with Gasteiger partial charge in [0, 0.05) is 44.1 Å². The van der Waals surface area contributed by atoms with Crippen LogP contribution in [0.5, 0.6) is 11.5 Å². The molecule has 0 N–H and O–H groups in total. The second-order valence-corrected chi connectivity index (χ2v) is 7.44. The van der Waals surface area contributed by atoms with Crippen molar-refractivity contribution < 1.29 is 19.1 Å². The van der Waals surface area contributed by atoms with E-state index in [4.69, 9.17) is 14.5 Å². The number of carbonyl (C=O) groups excluding carboxylic acids is 2. The zero-order valence-electron chi connectivity index (χ0n) is 17.9. The Bertz CT molecular complexity index is 1140. The Morgan fingerprint density at radius 3 is 2.23 bits per heavy atom. The fourth-order valence-corrected chi connectivity index (χ4v) is 3.89. The minimum absolute atomic E-state index is 0.0391. The molecule has 0 spiro atoms. The van der Waals surface area contributed by atoms with Gasteiger partial charge in [-0.2, -0.15) is 0 Å². The van der Waals surface area contributed by atoms with E-state index in [9.17, 15) is 9.59 Å². The molecule has 1 aliphatic heterocycles. The van der Waals surface area contributed by atoms with E-state index in [0.29, 0.717) is 48.9 Å². The van der Waals surface area contributed by atoms with Crippen molar-refractivity contribution in [1.29, 1.82) is 0 Å². The average Bonchev–Trinajstić information content (AvgIpc) is 2.82. The number of benzene rings is 2. The number of piperazine rings is 1. The average molecular weight is 419 g/mol. The maximum absolute atomic E-state index is 13.4. The lowest BCUT2D eigenvalue weighted by molar-refractivity contribution is -0.130. The molecular formula is C24H25N3O4. The van der Waals surface area contributed by atoms with Crippen molar-refractivity contribution in [3.05, 3.63) is 54.1 Å². The molecular weight excluding hydrogens is 394 g/mol. The summed E-state index contributed by atoms with van der Waals surface area (Å²) in [7, 11) is 3.18. The van der Waals surface area contributed by atoms with E-state index in [-0.39, 0.29) is 11.8 Å². The molecule has 3 aromatic rings. The fourth-order valence-electron chi connectivity index (χ4n) is 3.89. The van der Waals surface area contributed by atoms with Gasteiger partial charge in [-0.05, 0) is 30.3 Å². The van der Waals surface area contributed by atoms with Crippen molar-refractivity contribution in [2.24, 2.45) is 0 Å². The number of nitrogens with zero attached hydrogens (tertiary/aromatic N) is 3. The number of para-hydroxylation sites is 1. The third-order valence-corrected chi connectivity index (χ3v) is 5.64. The molecule has 4 rings (SSSR count). The van der Waals surface area contributed by atoms with Crippen molar-refractivity contribution in [1.82, 2.24) is 14.8 Å². The number of carbonyl (C=O) groups is 2. The van der Waals surface area contributed by atoms with Crippen LogP contribution in [0.1, 0.15) is 17.3 Å². The van der Waals surface area contributed by atoms with Crippen molar-refractivity contribution in [3.63, 3.8) is 0 Å². The second-order valence-electron chi connectivity index (χ2n) is 7.44. The summed E-state index contributed by atoms with van der Waals surface area (Å²) >= 11 is 0. The molecule has 160 valence electrons. The van der Waals surface area contributed by atoms with Gasteiger partial charge in [-0.25, -0.2) is 4.98 Å². The number of pyridine rings is 1. The first kappa shape index (κ1) is 20.7. The van der Waals surface area contributed by atoms with Gasteiger partial charge in [0.15, 0.2) is 11.5 Å². The van der Waals surface area contributed by atoms with E-state index in [2.05, 4.69) is 0 Å². The van der Waals surface area contributed by atoms with Gasteiger partial charge in [0.25, 0.3) is 5.91 Å². The Labute approximate surface area is 181 Å². The van der Waals surface area contributed by atoms with Crippen LogP contribution < -0.4 is 9.47 Å². The summed E-state index contributed by atoms with van der Waals surface area (Å²) in [6.07, 6.45) is 0. The molecule has 2 aromatic carbocycles. The molecule has 1 aliphatic rings. The van der Waals surface area contributed by atoms with Crippen molar-refractivity contribution >= 4 is 22.7 Å². The Kier molecular flexibility index (Phi) is 5.75. The van der Waals surface area contributed by atoms with Gasteiger partial charge in [0.1, 0.15) is 0 Å². The predicted octanol–water partition coefficient (Wildman–Crippen LogP) is 3.22. The highest BCUT2D eigenvalue weighted by Crippen LogP contribution is 2.33. The summed E-state index contributed by atoms with van der Waals surface area (Å²) in [4.78, 5) is 33.4. The topological polar surface area (TPSA) is 72.0 Å². The van der Waals surface area contributed by atoms with Crippen LogP contribution in [0.2, 0.25) is 0 Å². The lowest BCUT2D eigenvalue weighted by Gasteiger charge is -2.34. The molecule has 0 bridgehead atoms. The number of aromatic nitrogens is 1. The van der Waals surface area contributed by atoms with Crippen LogP contribution in [0.3, 0.4) is 0 Å². The molecule has 0 aliphatic carbocycles. The molecule has 7 nitrogen and oxygen atoms in total. The fraction of sp³-hybridized carbons (Fsp3) is 0.292. The van der Waals surface area contributed by atoms with Crippen LogP contribution in [-0.2, 0) is 4.79 Å². The van der Waals surface area contributed by atoms with E-state index in [1.54, 1.807) is 30.9 Å². The van der Waals surface area contributed by atoms with Crippen LogP contribution in [-0.4, -0.2) is 67.0 Å². The summed E-state index contributed by atoms with van der Waals surface area (Å²) in [6, 6.07) is 15.1. The van der Waals surface area contributed by atoms with Crippen LogP contribution in [0, 0.1) is 0 Å². The first-order valence-corrected chi connectivity index (χ1v) is 10.2. The maximum atomic E-state index is 13.4. The van der Waals surface area contributed by atoms with Crippen LogP contribution in [0.4, 0.5) is 0 Å². The highest BCUT2D eigenvalue weighted by atomic mass is 16.5. The number of rotatable bonds is 4. The summed E-state index contributed by atoms with van der Waals surface area (Å²) in [5.41, 5.74) is 2.87. The van der Waals surface area contributed by atoms with Crippen LogP contribution in [0.15, 0.2) is 48.5 Å². The monoisotopic (exact) mass is 419 g/mol. The summed E-state index contributed by atoms with van der Waals surface area (Å²) < 4.78 is 10.8. The van der Waals surface area contributed by atoms with E-state index < -0.39 is 0 Å². The number of ether oxygens (including phenoxy) is 2. The highest BCUT2D eigenvalue weighted by molar-refractivity contribution is 6.07. The molecule has 0 atom stereocenters. The minimum Gasteiger partial charge on any atom is -0.493 e. The SMILES string of the molecule is COc1ccc(-c2cc(C(=O)N3CCN(C(C)=O)CC3)c3ccccc3n2)cc1OC. The molecule has 2 heterocycles. The minimum atomic E-state index is -0.0523. The Balaban J connectivity index is 1.74. The molecule has 1 fully saturated rings. The standard InChI is InChI=1S/C24H25N3O4/c1-16(28)26-10-12-27(13-11-26)24(29)19-15-21(25-20-7-5-4-6-18(19)20)17-8-9-22(30-2)23(14-17)31-3/h4-9,14-15H,10-13H2,1-3H3. The van der Waals surface area contributed by atoms with Crippen molar-refractivity contribution in [2.45, 2.75) is 6.92 Å². The molecule has 31 heavy (non-hydrogen) atoms. The smallest absolute Gasteiger partial charge is 0.254 e. The normalized spacial score (nSPS) is 13.9. The molecule has 1 aromatic heterocycles.